The van der Waals surface area contributed by atoms with Crippen molar-refractivity contribution >= 4 is 12.0 Å². The zero-order valence-corrected chi connectivity index (χ0v) is 12.9. The van der Waals surface area contributed by atoms with Crippen LogP contribution in [0.2, 0.25) is 0 Å². The number of amides is 2. The van der Waals surface area contributed by atoms with Gasteiger partial charge in [-0.05, 0) is 64.6 Å². The minimum Gasteiger partial charge on any atom is -0.481 e. The Balaban J connectivity index is 1.64. The molecular formula is C15H27N3O3. The molecule has 0 spiro atoms. The monoisotopic (exact) mass is 297 g/mol. The van der Waals surface area contributed by atoms with Crippen molar-refractivity contribution < 1.29 is 14.7 Å². The van der Waals surface area contributed by atoms with Crippen LogP contribution >= 0.6 is 0 Å². The molecule has 0 atom stereocenters. The molecule has 0 radical (unpaired) electrons. The number of carboxylic acid groups (broad SMARTS) is 1. The molecule has 21 heavy (non-hydrogen) atoms. The first kappa shape index (κ1) is 16.1. The van der Waals surface area contributed by atoms with Gasteiger partial charge < -0.3 is 20.6 Å². The molecule has 2 fully saturated rings. The van der Waals surface area contributed by atoms with E-state index >= 15 is 0 Å². The fourth-order valence-corrected chi connectivity index (χ4v) is 3.26. The SMILES string of the molecule is CN1CCC(CCNC(=O)NC2(CC(=O)O)CCC2)CC1. The van der Waals surface area contributed by atoms with Crippen molar-refractivity contribution in [1.82, 2.24) is 15.5 Å². The Labute approximate surface area is 126 Å². The highest BCUT2D eigenvalue weighted by molar-refractivity contribution is 5.77. The molecule has 6 heteroatoms. The van der Waals surface area contributed by atoms with Crippen LogP contribution in [0.3, 0.4) is 0 Å². The Kier molecular flexibility index (Phi) is 5.45. The van der Waals surface area contributed by atoms with Crippen LogP contribution in [-0.4, -0.2) is 54.2 Å². The van der Waals surface area contributed by atoms with Crippen molar-refractivity contribution in [1.29, 1.82) is 0 Å². The van der Waals surface area contributed by atoms with Crippen LogP contribution in [-0.2, 0) is 4.79 Å². The third kappa shape index (κ3) is 4.88. The Bertz CT molecular complexity index is 374. The van der Waals surface area contributed by atoms with E-state index in [2.05, 4.69) is 22.6 Å². The lowest BCUT2D eigenvalue weighted by Crippen LogP contribution is -2.57. The number of carbonyl (C=O) groups excluding carboxylic acids is 1. The van der Waals surface area contributed by atoms with Gasteiger partial charge in [0.25, 0.3) is 0 Å². The zero-order valence-electron chi connectivity index (χ0n) is 12.9. The van der Waals surface area contributed by atoms with Gasteiger partial charge in [0.05, 0.1) is 12.0 Å². The van der Waals surface area contributed by atoms with E-state index in [9.17, 15) is 9.59 Å². The summed E-state index contributed by atoms with van der Waals surface area (Å²) in [5.41, 5.74) is -0.510. The average Bonchev–Trinajstić information content (AvgIpc) is 2.38. The van der Waals surface area contributed by atoms with Crippen molar-refractivity contribution in [3.63, 3.8) is 0 Å². The fourth-order valence-electron chi connectivity index (χ4n) is 3.26. The third-order valence-corrected chi connectivity index (χ3v) is 4.86. The molecule has 1 aliphatic heterocycles. The summed E-state index contributed by atoms with van der Waals surface area (Å²) in [4.78, 5) is 25.1. The normalized spacial score (nSPS) is 22.3. The Hall–Kier alpha value is -1.30. The summed E-state index contributed by atoms with van der Waals surface area (Å²) in [5.74, 6) is -0.153. The lowest BCUT2D eigenvalue weighted by atomic mass is 9.74. The molecule has 2 aliphatic rings. The van der Waals surface area contributed by atoms with E-state index in [0.29, 0.717) is 12.5 Å². The predicted octanol–water partition coefficient (Wildman–Crippen LogP) is 1.41. The molecule has 1 aliphatic carbocycles. The molecule has 0 aromatic rings. The second-order valence-electron chi connectivity index (χ2n) is 6.62. The Morgan fingerprint density at radius 1 is 1.29 bits per heavy atom. The number of likely N-dealkylation sites (tertiary alicyclic amines) is 1. The second kappa shape index (κ2) is 7.11. The summed E-state index contributed by atoms with van der Waals surface area (Å²) < 4.78 is 0. The zero-order chi connectivity index (χ0) is 15.3. The first-order valence-electron chi connectivity index (χ1n) is 7.95. The van der Waals surface area contributed by atoms with Gasteiger partial charge in [-0.15, -0.1) is 0 Å². The van der Waals surface area contributed by atoms with Crippen LogP contribution in [0, 0.1) is 5.92 Å². The molecule has 0 aromatic heterocycles. The molecule has 2 amide bonds. The second-order valence-corrected chi connectivity index (χ2v) is 6.62. The van der Waals surface area contributed by atoms with Crippen molar-refractivity contribution in [2.45, 2.75) is 50.5 Å². The molecule has 6 nitrogen and oxygen atoms in total. The molecule has 2 rings (SSSR count). The maximum atomic E-state index is 11.9. The third-order valence-electron chi connectivity index (χ3n) is 4.86. The lowest BCUT2D eigenvalue weighted by molar-refractivity contribution is -0.139. The highest BCUT2D eigenvalue weighted by atomic mass is 16.4. The summed E-state index contributed by atoms with van der Waals surface area (Å²) in [7, 11) is 2.14. The summed E-state index contributed by atoms with van der Waals surface area (Å²) >= 11 is 0. The van der Waals surface area contributed by atoms with Crippen LogP contribution < -0.4 is 10.6 Å². The number of hydrogen-bond acceptors (Lipinski definition) is 3. The molecular weight excluding hydrogens is 270 g/mol. The van der Waals surface area contributed by atoms with E-state index in [4.69, 9.17) is 5.11 Å². The van der Waals surface area contributed by atoms with Gasteiger partial charge in [-0.2, -0.15) is 0 Å². The first-order chi connectivity index (χ1) is 9.99. The molecule has 0 aromatic carbocycles. The van der Waals surface area contributed by atoms with Gasteiger partial charge >= 0.3 is 12.0 Å². The van der Waals surface area contributed by atoms with Crippen LogP contribution in [0.1, 0.15) is 44.9 Å². The van der Waals surface area contributed by atoms with Crippen molar-refractivity contribution in [2.75, 3.05) is 26.7 Å². The number of rotatable bonds is 6. The molecule has 1 saturated carbocycles. The topological polar surface area (TPSA) is 81.7 Å². The maximum absolute atomic E-state index is 11.9. The Morgan fingerprint density at radius 2 is 1.95 bits per heavy atom. The number of piperidine rings is 1. The smallest absolute Gasteiger partial charge is 0.315 e. The number of aliphatic carboxylic acids is 1. The molecule has 1 saturated heterocycles. The van der Waals surface area contributed by atoms with Gasteiger partial charge in [-0.1, -0.05) is 0 Å². The van der Waals surface area contributed by atoms with E-state index in [1.165, 1.54) is 12.8 Å². The van der Waals surface area contributed by atoms with Crippen molar-refractivity contribution in [3.05, 3.63) is 0 Å². The van der Waals surface area contributed by atoms with Crippen LogP contribution in [0.25, 0.3) is 0 Å². The summed E-state index contributed by atoms with van der Waals surface area (Å²) in [6, 6.07) is -0.219. The number of carboxylic acids is 1. The van der Waals surface area contributed by atoms with Crippen molar-refractivity contribution in [2.24, 2.45) is 5.92 Å². The summed E-state index contributed by atoms with van der Waals surface area (Å²) in [5, 5.41) is 14.7. The predicted molar refractivity (Wildman–Crippen MR) is 80.2 cm³/mol. The van der Waals surface area contributed by atoms with Crippen LogP contribution in [0.4, 0.5) is 4.79 Å². The molecule has 0 bridgehead atoms. The molecule has 0 unspecified atom stereocenters. The molecule has 120 valence electrons. The quantitative estimate of drug-likeness (QED) is 0.692. The van der Waals surface area contributed by atoms with Crippen LogP contribution in [0.15, 0.2) is 0 Å². The molecule has 1 heterocycles. The standard InChI is InChI=1S/C15H27N3O3/c1-18-9-4-12(5-10-18)3-8-16-14(21)17-15(6-2-7-15)11-13(19)20/h12H,2-11H2,1H3,(H,19,20)(H2,16,17,21). The number of hydrogen-bond donors (Lipinski definition) is 3. The minimum atomic E-state index is -0.846. The van der Waals surface area contributed by atoms with Gasteiger partial charge in [0.15, 0.2) is 0 Å². The summed E-state index contributed by atoms with van der Waals surface area (Å²) in [6.07, 6.45) is 5.95. The van der Waals surface area contributed by atoms with E-state index < -0.39 is 11.5 Å². The van der Waals surface area contributed by atoms with Gasteiger partial charge in [0.1, 0.15) is 0 Å². The maximum Gasteiger partial charge on any atom is 0.315 e. The largest absolute Gasteiger partial charge is 0.481 e. The van der Waals surface area contributed by atoms with E-state index in [0.717, 1.165) is 38.8 Å². The molecule has 3 N–H and O–H groups in total. The van der Waals surface area contributed by atoms with Gasteiger partial charge in [-0.3, -0.25) is 4.79 Å². The van der Waals surface area contributed by atoms with E-state index in [1.54, 1.807) is 0 Å². The summed E-state index contributed by atoms with van der Waals surface area (Å²) in [6.45, 7) is 2.94. The van der Waals surface area contributed by atoms with Gasteiger partial charge in [-0.25, -0.2) is 4.79 Å². The number of urea groups is 1. The fraction of sp³-hybridized carbons (Fsp3) is 0.867. The van der Waals surface area contributed by atoms with Gasteiger partial charge in [0, 0.05) is 6.54 Å². The number of carbonyl (C=O) groups is 2. The highest BCUT2D eigenvalue weighted by Crippen LogP contribution is 2.34. The Morgan fingerprint density at radius 3 is 2.48 bits per heavy atom. The lowest BCUT2D eigenvalue weighted by Gasteiger charge is -2.41. The van der Waals surface area contributed by atoms with Crippen molar-refractivity contribution in [3.8, 4) is 0 Å². The highest BCUT2D eigenvalue weighted by Gasteiger charge is 2.40. The first-order valence-corrected chi connectivity index (χ1v) is 7.95. The van der Waals surface area contributed by atoms with Crippen LogP contribution in [0.5, 0.6) is 0 Å². The van der Waals surface area contributed by atoms with Gasteiger partial charge in [0.2, 0.25) is 0 Å². The average molecular weight is 297 g/mol. The van der Waals surface area contributed by atoms with E-state index in [-0.39, 0.29) is 12.5 Å². The number of nitrogens with one attached hydrogen (secondary N) is 2. The number of nitrogens with zero attached hydrogens (tertiary/aromatic N) is 1. The van der Waals surface area contributed by atoms with E-state index in [1.807, 2.05) is 0 Å². The minimum absolute atomic E-state index is 0.0232.